The van der Waals surface area contributed by atoms with Gasteiger partial charge in [0.25, 0.3) is 11.8 Å². The summed E-state index contributed by atoms with van der Waals surface area (Å²) in [7, 11) is 0. The molecule has 0 aliphatic carbocycles. The molecule has 0 atom stereocenters. The molecule has 0 aliphatic rings. The molecule has 2 aromatic heterocycles. The number of aryl methyl sites for hydroxylation is 1. The highest BCUT2D eigenvalue weighted by Crippen LogP contribution is 2.32. The maximum absolute atomic E-state index is 12.4. The number of benzene rings is 2. The molecule has 0 saturated carbocycles. The minimum absolute atomic E-state index is 0.0451. The van der Waals surface area contributed by atoms with Gasteiger partial charge in [0.05, 0.1) is 4.88 Å². The zero-order valence-electron chi connectivity index (χ0n) is 14.9. The lowest BCUT2D eigenvalue weighted by molar-refractivity contribution is -0.123. The van der Waals surface area contributed by atoms with Crippen LogP contribution in [0.1, 0.15) is 25.8 Å². The number of imide groups is 1. The van der Waals surface area contributed by atoms with E-state index in [1.54, 1.807) is 24.4 Å². The van der Waals surface area contributed by atoms with Crippen LogP contribution in [0, 0.1) is 6.92 Å². The second kappa shape index (κ2) is 7.28. The maximum Gasteiger partial charge on any atom is 0.375 e. The number of ether oxygens (including phenoxy) is 1. The molecule has 0 radical (unpaired) electrons. The number of thiophene rings is 1. The van der Waals surface area contributed by atoms with Gasteiger partial charge in [-0.1, -0.05) is 42.5 Å². The van der Waals surface area contributed by atoms with Crippen molar-refractivity contribution >= 4 is 50.9 Å². The fourth-order valence-electron chi connectivity index (χ4n) is 2.97. The first-order chi connectivity index (χ1) is 13.5. The Morgan fingerprint density at radius 1 is 1.04 bits per heavy atom. The molecule has 4 aromatic rings. The van der Waals surface area contributed by atoms with Gasteiger partial charge < -0.3 is 9.15 Å². The second-order valence-corrected chi connectivity index (χ2v) is 7.10. The number of rotatable bonds is 4. The molecule has 0 unspecified atom stereocenters. The Morgan fingerprint density at radius 3 is 2.64 bits per heavy atom. The minimum atomic E-state index is -0.753. The van der Waals surface area contributed by atoms with Gasteiger partial charge in [0.1, 0.15) is 5.58 Å². The summed E-state index contributed by atoms with van der Waals surface area (Å²) in [6.45, 7) is 1.19. The van der Waals surface area contributed by atoms with E-state index >= 15 is 0 Å². The molecular formula is C21H15NO5S. The van der Waals surface area contributed by atoms with Crippen molar-refractivity contribution in [1.82, 2.24) is 5.32 Å². The Kier molecular flexibility index (Phi) is 4.67. The summed E-state index contributed by atoms with van der Waals surface area (Å²) >= 11 is 1.21. The van der Waals surface area contributed by atoms with Gasteiger partial charge in [-0.05, 0) is 23.8 Å². The summed E-state index contributed by atoms with van der Waals surface area (Å²) in [6, 6.07) is 14.8. The predicted molar refractivity (Wildman–Crippen MR) is 106 cm³/mol. The highest BCUT2D eigenvalue weighted by atomic mass is 32.1. The van der Waals surface area contributed by atoms with Crippen LogP contribution >= 0.6 is 11.3 Å². The van der Waals surface area contributed by atoms with Crippen LogP contribution in [0.2, 0.25) is 0 Å². The van der Waals surface area contributed by atoms with Crippen molar-refractivity contribution in [2.45, 2.75) is 6.92 Å². The molecule has 2 amide bonds. The molecule has 4 rings (SSSR count). The minimum Gasteiger partial charge on any atom is -0.450 e. The van der Waals surface area contributed by atoms with Crippen molar-refractivity contribution in [3.63, 3.8) is 0 Å². The molecule has 2 heterocycles. The number of carbonyl (C=O) groups is 3. The number of hydrogen-bond acceptors (Lipinski definition) is 6. The fraction of sp³-hybridized carbons (Fsp3) is 0.0952. The molecular weight excluding hydrogens is 378 g/mol. The van der Waals surface area contributed by atoms with Crippen LogP contribution in [0.4, 0.5) is 0 Å². The molecule has 0 fully saturated rings. The highest BCUT2D eigenvalue weighted by molar-refractivity contribution is 7.12. The average Bonchev–Trinajstić information content (AvgIpc) is 3.35. The quantitative estimate of drug-likeness (QED) is 0.528. The zero-order chi connectivity index (χ0) is 19.7. The molecule has 0 spiro atoms. The Hall–Kier alpha value is -3.45. The van der Waals surface area contributed by atoms with Crippen LogP contribution in [0.25, 0.3) is 21.7 Å². The number of carbonyl (C=O) groups excluding carboxylic acids is 3. The Labute approximate surface area is 163 Å². The van der Waals surface area contributed by atoms with Crippen molar-refractivity contribution in [3.05, 3.63) is 70.1 Å². The van der Waals surface area contributed by atoms with E-state index in [2.05, 4.69) is 5.32 Å². The van der Waals surface area contributed by atoms with E-state index in [0.29, 0.717) is 16.0 Å². The third-order valence-electron chi connectivity index (χ3n) is 4.35. The van der Waals surface area contributed by atoms with Gasteiger partial charge in [-0.15, -0.1) is 11.3 Å². The van der Waals surface area contributed by atoms with Crippen LogP contribution < -0.4 is 5.32 Å². The first-order valence-corrected chi connectivity index (χ1v) is 9.38. The summed E-state index contributed by atoms with van der Waals surface area (Å²) < 4.78 is 10.8. The van der Waals surface area contributed by atoms with Gasteiger partial charge in [0.2, 0.25) is 5.76 Å². The van der Waals surface area contributed by atoms with Crippen LogP contribution in [0.3, 0.4) is 0 Å². The third kappa shape index (κ3) is 3.27. The normalized spacial score (nSPS) is 10.9. The lowest BCUT2D eigenvalue weighted by Crippen LogP contribution is -2.33. The fourth-order valence-corrected chi connectivity index (χ4v) is 3.59. The number of nitrogens with one attached hydrogen (secondary N) is 1. The molecule has 140 valence electrons. The zero-order valence-corrected chi connectivity index (χ0v) is 15.7. The van der Waals surface area contributed by atoms with Gasteiger partial charge in [0, 0.05) is 16.3 Å². The highest BCUT2D eigenvalue weighted by Gasteiger charge is 2.21. The van der Waals surface area contributed by atoms with Gasteiger partial charge in [-0.25, -0.2) is 4.79 Å². The lowest BCUT2D eigenvalue weighted by atomic mass is 10.1. The van der Waals surface area contributed by atoms with Crippen molar-refractivity contribution in [2.24, 2.45) is 0 Å². The lowest BCUT2D eigenvalue weighted by Gasteiger charge is -2.04. The molecule has 1 N–H and O–H groups in total. The Bertz CT molecular complexity index is 1210. The van der Waals surface area contributed by atoms with E-state index in [1.165, 1.54) is 11.3 Å². The SMILES string of the molecule is Cc1c(C(=O)OCC(=O)NC(=O)c2cccs2)oc2c1ccc1ccccc12. The van der Waals surface area contributed by atoms with Crippen molar-refractivity contribution in [3.8, 4) is 0 Å². The molecule has 28 heavy (non-hydrogen) atoms. The van der Waals surface area contributed by atoms with Crippen LogP contribution in [-0.2, 0) is 9.53 Å². The molecule has 7 heteroatoms. The number of furan rings is 1. The van der Waals surface area contributed by atoms with E-state index in [1.807, 2.05) is 36.4 Å². The largest absolute Gasteiger partial charge is 0.450 e. The summed E-state index contributed by atoms with van der Waals surface area (Å²) in [5.74, 6) is -1.94. The third-order valence-corrected chi connectivity index (χ3v) is 5.21. The van der Waals surface area contributed by atoms with Crippen molar-refractivity contribution in [2.75, 3.05) is 6.61 Å². The number of amides is 2. The topological polar surface area (TPSA) is 85.6 Å². The Morgan fingerprint density at radius 2 is 1.86 bits per heavy atom. The van der Waals surface area contributed by atoms with Crippen LogP contribution in [0.15, 0.2) is 58.3 Å². The van der Waals surface area contributed by atoms with Gasteiger partial charge in [-0.2, -0.15) is 0 Å². The van der Waals surface area contributed by atoms with E-state index in [9.17, 15) is 14.4 Å². The van der Waals surface area contributed by atoms with Gasteiger partial charge >= 0.3 is 5.97 Å². The van der Waals surface area contributed by atoms with Crippen LogP contribution in [-0.4, -0.2) is 24.4 Å². The van der Waals surface area contributed by atoms with Crippen molar-refractivity contribution in [1.29, 1.82) is 0 Å². The summed E-state index contributed by atoms with van der Waals surface area (Å²) in [6.07, 6.45) is 0. The summed E-state index contributed by atoms with van der Waals surface area (Å²) in [5.41, 5.74) is 1.24. The van der Waals surface area contributed by atoms with Crippen LogP contribution in [0.5, 0.6) is 0 Å². The second-order valence-electron chi connectivity index (χ2n) is 6.15. The van der Waals surface area contributed by atoms with E-state index < -0.39 is 24.4 Å². The van der Waals surface area contributed by atoms with Crippen molar-refractivity contribution < 1.29 is 23.5 Å². The Balaban J connectivity index is 1.49. The van der Waals surface area contributed by atoms with E-state index in [-0.39, 0.29) is 5.76 Å². The predicted octanol–water partition coefficient (Wildman–Crippen LogP) is 4.07. The summed E-state index contributed by atoms with van der Waals surface area (Å²) in [4.78, 5) is 36.5. The molecule has 6 nitrogen and oxygen atoms in total. The van der Waals surface area contributed by atoms with Gasteiger partial charge in [0.15, 0.2) is 6.61 Å². The van der Waals surface area contributed by atoms with Gasteiger partial charge in [-0.3, -0.25) is 14.9 Å². The first-order valence-electron chi connectivity index (χ1n) is 8.50. The molecule has 2 aromatic carbocycles. The number of esters is 1. The smallest absolute Gasteiger partial charge is 0.375 e. The standard InChI is InChI=1S/C21H15NO5S/c1-12-14-9-8-13-5-2-3-6-15(13)19(14)27-18(12)21(25)26-11-17(23)22-20(24)16-7-4-10-28-16/h2-10H,11H2,1H3,(H,22,23,24). The van der Waals surface area contributed by atoms with E-state index in [4.69, 9.17) is 9.15 Å². The monoisotopic (exact) mass is 393 g/mol. The van der Waals surface area contributed by atoms with E-state index in [0.717, 1.165) is 16.2 Å². The summed E-state index contributed by atoms with van der Waals surface area (Å²) in [5, 5.41) is 6.60. The number of fused-ring (bicyclic) bond motifs is 3. The first kappa shape index (κ1) is 17.9. The molecule has 0 aliphatic heterocycles. The average molecular weight is 393 g/mol. The maximum atomic E-state index is 12.4. The molecule has 0 bridgehead atoms. The number of hydrogen-bond donors (Lipinski definition) is 1. The molecule has 0 saturated heterocycles.